The van der Waals surface area contributed by atoms with E-state index in [1.54, 1.807) is 24.3 Å². The maximum Gasteiger partial charge on any atom is 0.237 e. The number of amides is 2. The molecular weight excluding hydrogens is 486 g/mol. The summed E-state index contributed by atoms with van der Waals surface area (Å²) in [6.45, 7) is 14.5. The van der Waals surface area contributed by atoms with Gasteiger partial charge in [-0.3, -0.25) is 9.59 Å². The molecule has 0 saturated heterocycles. The lowest BCUT2D eigenvalue weighted by atomic mass is 10.0. The molecule has 0 saturated carbocycles. The van der Waals surface area contributed by atoms with Crippen LogP contribution in [0.5, 0.6) is 5.75 Å². The first-order valence-electron chi connectivity index (χ1n) is 12.6. The first kappa shape index (κ1) is 28.2. The Morgan fingerprint density at radius 1 is 0.946 bits per heavy atom. The van der Waals surface area contributed by atoms with E-state index in [9.17, 15) is 9.59 Å². The third-order valence-corrected chi connectivity index (χ3v) is 6.70. The molecule has 198 valence electrons. The Labute approximate surface area is 223 Å². The van der Waals surface area contributed by atoms with Crippen LogP contribution in [0.2, 0.25) is 0 Å². The third kappa shape index (κ3) is 8.08. The number of rotatable bonds is 11. The van der Waals surface area contributed by atoms with Gasteiger partial charge in [0.1, 0.15) is 5.75 Å². The van der Waals surface area contributed by atoms with Gasteiger partial charge in [-0.1, -0.05) is 57.7 Å². The summed E-state index contributed by atoms with van der Waals surface area (Å²) in [7, 11) is 0. The number of benzene rings is 2. The van der Waals surface area contributed by atoms with E-state index in [0.29, 0.717) is 34.9 Å². The zero-order chi connectivity index (χ0) is 27.1. The van der Waals surface area contributed by atoms with Crippen LogP contribution < -0.4 is 15.4 Å². The summed E-state index contributed by atoms with van der Waals surface area (Å²) >= 11 is 1.36. The maximum absolute atomic E-state index is 12.9. The van der Waals surface area contributed by atoms with Crippen LogP contribution in [0.15, 0.2) is 53.7 Å². The predicted octanol–water partition coefficient (Wildman–Crippen LogP) is 6.28. The second-order valence-electron chi connectivity index (χ2n) is 9.84. The van der Waals surface area contributed by atoms with Crippen LogP contribution in [0.25, 0.3) is 0 Å². The van der Waals surface area contributed by atoms with Crippen LogP contribution >= 0.6 is 11.8 Å². The van der Waals surface area contributed by atoms with Crippen molar-refractivity contribution in [3.63, 3.8) is 0 Å². The molecule has 3 aromatic rings. The molecule has 2 unspecified atom stereocenters. The number of nitrogens with zero attached hydrogens (tertiary/aromatic N) is 3. The minimum Gasteiger partial charge on any atom is -0.483 e. The Morgan fingerprint density at radius 3 is 2.19 bits per heavy atom. The molecule has 2 atom stereocenters. The summed E-state index contributed by atoms with van der Waals surface area (Å²) in [5.41, 5.74) is 2.49. The Balaban J connectivity index is 1.72. The van der Waals surface area contributed by atoms with Crippen molar-refractivity contribution in [3.8, 4) is 5.75 Å². The van der Waals surface area contributed by atoms with Gasteiger partial charge in [-0.25, -0.2) is 0 Å². The average molecular weight is 524 g/mol. The van der Waals surface area contributed by atoms with Crippen molar-refractivity contribution in [1.29, 1.82) is 0 Å². The molecule has 0 aliphatic rings. The van der Waals surface area contributed by atoms with Gasteiger partial charge in [0, 0.05) is 24.8 Å². The van der Waals surface area contributed by atoms with Crippen molar-refractivity contribution in [3.05, 3.63) is 59.9 Å². The minimum atomic E-state index is -0.424. The molecule has 2 aromatic carbocycles. The summed E-state index contributed by atoms with van der Waals surface area (Å²) in [4.78, 5) is 24.3. The van der Waals surface area contributed by atoms with Crippen molar-refractivity contribution < 1.29 is 14.3 Å². The highest BCUT2D eigenvalue weighted by molar-refractivity contribution is 8.00. The van der Waals surface area contributed by atoms with Gasteiger partial charge in [0.15, 0.2) is 17.1 Å². The van der Waals surface area contributed by atoms with Crippen molar-refractivity contribution in [2.75, 3.05) is 10.6 Å². The van der Waals surface area contributed by atoms with Gasteiger partial charge >= 0.3 is 0 Å². The van der Waals surface area contributed by atoms with E-state index in [1.807, 2.05) is 30.5 Å². The molecule has 0 aliphatic carbocycles. The lowest BCUT2D eigenvalue weighted by molar-refractivity contribution is -0.115. The Hall–Kier alpha value is -3.33. The largest absolute Gasteiger partial charge is 0.483 e. The molecule has 9 heteroatoms. The first-order valence-corrected chi connectivity index (χ1v) is 13.5. The van der Waals surface area contributed by atoms with Crippen molar-refractivity contribution in [2.24, 2.45) is 5.92 Å². The summed E-state index contributed by atoms with van der Waals surface area (Å²) in [5.74, 6) is 1.98. The Morgan fingerprint density at radius 2 is 1.59 bits per heavy atom. The van der Waals surface area contributed by atoms with E-state index >= 15 is 0 Å². The lowest BCUT2D eigenvalue weighted by Gasteiger charge is -2.19. The zero-order valence-electron chi connectivity index (χ0n) is 22.6. The second kappa shape index (κ2) is 12.8. The highest BCUT2D eigenvalue weighted by atomic mass is 32.2. The molecule has 0 spiro atoms. The number of nitrogens with one attached hydrogen (secondary N) is 2. The number of aromatic nitrogens is 3. The van der Waals surface area contributed by atoms with E-state index < -0.39 is 5.25 Å². The van der Waals surface area contributed by atoms with Gasteiger partial charge in [-0.05, 0) is 61.6 Å². The summed E-state index contributed by atoms with van der Waals surface area (Å²) in [6.07, 6.45) is -0.314. The molecule has 0 aliphatic heterocycles. The van der Waals surface area contributed by atoms with Gasteiger partial charge in [-0.2, -0.15) is 0 Å². The number of ether oxygens (including phenoxy) is 1. The molecule has 3 rings (SSSR count). The molecular formula is C28H37N5O3S. The van der Waals surface area contributed by atoms with E-state index in [-0.39, 0.29) is 17.9 Å². The highest BCUT2D eigenvalue weighted by Gasteiger charge is 2.24. The van der Waals surface area contributed by atoms with E-state index in [1.165, 1.54) is 24.2 Å². The topological polar surface area (TPSA) is 98.1 Å². The number of hydrogen-bond acceptors (Lipinski definition) is 6. The monoisotopic (exact) mass is 523 g/mol. The molecule has 0 bridgehead atoms. The fraction of sp³-hybridized carbons (Fsp3) is 0.429. The van der Waals surface area contributed by atoms with Crippen LogP contribution in [0, 0.1) is 5.92 Å². The number of anilines is 2. The molecule has 8 nitrogen and oxygen atoms in total. The zero-order valence-corrected chi connectivity index (χ0v) is 23.4. The fourth-order valence-electron chi connectivity index (χ4n) is 3.75. The molecule has 2 amide bonds. The predicted molar refractivity (Wildman–Crippen MR) is 149 cm³/mol. The van der Waals surface area contributed by atoms with Gasteiger partial charge < -0.3 is 19.9 Å². The normalized spacial score (nSPS) is 12.9. The summed E-state index contributed by atoms with van der Waals surface area (Å²) in [6, 6.07) is 15.2. The summed E-state index contributed by atoms with van der Waals surface area (Å²) < 4.78 is 8.24. The fourth-order valence-corrected chi connectivity index (χ4v) is 4.61. The van der Waals surface area contributed by atoms with Gasteiger partial charge in [0.25, 0.3) is 0 Å². The number of hydrogen-bond donors (Lipinski definition) is 2. The highest BCUT2D eigenvalue weighted by Crippen LogP contribution is 2.29. The molecule has 1 heterocycles. The Bertz CT molecular complexity index is 1210. The molecule has 0 fully saturated rings. The van der Waals surface area contributed by atoms with Crippen molar-refractivity contribution in [2.45, 2.75) is 77.4 Å². The lowest BCUT2D eigenvalue weighted by Crippen LogP contribution is -2.23. The quantitative estimate of drug-likeness (QED) is 0.287. The van der Waals surface area contributed by atoms with Gasteiger partial charge in [0.05, 0.1) is 5.25 Å². The molecule has 2 N–H and O–H groups in total. The third-order valence-electron chi connectivity index (χ3n) is 5.62. The standard InChI is InChI=1S/C28H37N5O3S/c1-17(2)16-33-26(19(5)36-25-13-11-22(12-14-25)18(3)4)31-32-28(33)37-20(6)27(35)30-24-10-8-9-23(15-24)29-21(7)34/h8-15,17-20H,16H2,1-7H3,(H,29,34)(H,30,35). The van der Waals surface area contributed by atoms with Gasteiger partial charge in [-0.15, -0.1) is 10.2 Å². The molecule has 0 radical (unpaired) electrons. The van der Waals surface area contributed by atoms with Crippen LogP contribution in [-0.2, 0) is 16.1 Å². The van der Waals surface area contributed by atoms with E-state index in [0.717, 1.165) is 11.6 Å². The maximum atomic E-state index is 12.9. The average Bonchev–Trinajstić information content (AvgIpc) is 3.20. The van der Waals surface area contributed by atoms with Gasteiger partial charge in [0.2, 0.25) is 11.8 Å². The second-order valence-corrected chi connectivity index (χ2v) is 11.1. The summed E-state index contributed by atoms with van der Waals surface area (Å²) in [5, 5.41) is 14.7. The van der Waals surface area contributed by atoms with Crippen molar-refractivity contribution in [1.82, 2.24) is 14.8 Å². The van der Waals surface area contributed by atoms with E-state index in [4.69, 9.17) is 4.74 Å². The molecule has 37 heavy (non-hydrogen) atoms. The number of carbonyl (C=O) groups excluding carboxylic acids is 2. The van der Waals surface area contributed by atoms with Crippen LogP contribution in [-0.4, -0.2) is 31.8 Å². The Kier molecular flexibility index (Phi) is 9.74. The number of thioether (sulfide) groups is 1. The van der Waals surface area contributed by atoms with Crippen LogP contribution in [0.4, 0.5) is 11.4 Å². The minimum absolute atomic E-state index is 0.167. The smallest absolute Gasteiger partial charge is 0.237 e. The number of carbonyl (C=O) groups is 2. The SMILES string of the molecule is CC(=O)Nc1cccc(NC(=O)C(C)Sc2nnc(C(C)Oc3ccc(C(C)C)cc3)n2CC(C)C)c1. The van der Waals surface area contributed by atoms with E-state index in [2.05, 4.69) is 60.7 Å². The van der Waals surface area contributed by atoms with Crippen LogP contribution in [0.1, 0.15) is 71.9 Å². The van der Waals surface area contributed by atoms with Crippen molar-refractivity contribution >= 4 is 35.0 Å². The van der Waals surface area contributed by atoms with Crippen LogP contribution in [0.3, 0.4) is 0 Å². The molecule has 1 aromatic heterocycles. The first-order chi connectivity index (χ1) is 17.5.